The number of amidine groups is 1. The van der Waals surface area contributed by atoms with Crippen molar-refractivity contribution in [2.45, 2.75) is 31.8 Å². The molecular weight excluding hydrogens is 354 g/mol. The van der Waals surface area contributed by atoms with Crippen LogP contribution in [-0.2, 0) is 6.42 Å². The molecule has 2 aliphatic rings. The third-order valence-electron chi connectivity index (χ3n) is 5.51. The van der Waals surface area contributed by atoms with E-state index >= 15 is 0 Å². The van der Waals surface area contributed by atoms with Crippen molar-refractivity contribution < 1.29 is 14.6 Å². The molecule has 0 aromatic heterocycles. The van der Waals surface area contributed by atoms with Crippen LogP contribution in [0.15, 0.2) is 47.5 Å². The molecule has 0 radical (unpaired) electrons. The lowest BCUT2D eigenvalue weighted by Gasteiger charge is -2.35. The Morgan fingerprint density at radius 1 is 1.18 bits per heavy atom. The molecule has 0 saturated carbocycles. The Balaban J connectivity index is 1.56. The summed E-state index contributed by atoms with van der Waals surface area (Å²) in [5, 5.41) is 13.0. The van der Waals surface area contributed by atoms with Gasteiger partial charge in [0.1, 0.15) is 11.6 Å². The van der Waals surface area contributed by atoms with Gasteiger partial charge in [-0.25, -0.2) is 9.79 Å². The molecule has 1 saturated heterocycles. The molecule has 4 rings (SSSR count). The molecule has 2 aromatic carbocycles. The Hall–Kier alpha value is -2.86. The molecule has 2 aliphatic heterocycles. The van der Waals surface area contributed by atoms with Crippen LogP contribution in [0.1, 0.15) is 25.3 Å². The zero-order valence-corrected chi connectivity index (χ0v) is 16.2. The largest absolute Gasteiger partial charge is 0.496 e. The van der Waals surface area contributed by atoms with Crippen molar-refractivity contribution in [3.05, 3.63) is 48.0 Å². The fourth-order valence-corrected chi connectivity index (χ4v) is 3.77. The van der Waals surface area contributed by atoms with Gasteiger partial charge in [0, 0.05) is 30.6 Å². The van der Waals surface area contributed by atoms with Gasteiger partial charge in [-0.15, -0.1) is 0 Å². The molecule has 28 heavy (non-hydrogen) atoms. The van der Waals surface area contributed by atoms with Gasteiger partial charge in [-0.2, -0.15) is 0 Å². The van der Waals surface area contributed by atoms with Crippen LogP contribution in [0, 0.1) is 0 Å². The second-order valence-corrected chi connectivity index (χ2v) is 7.66. The maximum atomic E-state index is 12.6. The van der Waals surface area contributed by atoms with E-state index in [1.807, 2.05) is 49.4 Å². The molecule has 2 heterocycles. The van der Waals surface area contributed by atoms with Crippen LogP contribution >= 0.6 is 0 Å². The molecule has 1 fully saturated rings. The molecule has 0 unspecified atom stereocenters. The van der Waals surface area contributed by atoms with E-state index in [1.165, 1.54) is 0 Å². The first-order valence-electron chi connectivity index (χ1n) is 9.58. The number of aliphatic imine (C=N–C) groups is 1. The molecule has 0 aliphatic carbocycles. The van der Waals surface area contributed by atoms with E-state index in [2.05, 4.69) is 5.32 Å². The number of nitrogens with one attached hydrogen (secondary N) is 1. The third kappa shape index (κ3) is 3.60. The van der Waals surface area contributed by atoms with Crippen LogP contribution in [0.2, 0.25) is 0 Å². The zero-order valence-electron chi connectivity index (χ0n) is 16.2. The van der Waals surface area contributed by atoms with Crippen LogP contribution in [-0.4, -0.2) is 47.7 Å². The van der Waals surface area contributed by atoms with Crippen LogP contribution in [0.4, 0.5) is 10.5 Å². The minimum Gasteiger partial charge on any atom is -0.496 e. The zero-order chi connectivity index (χ0) is 19.7. The Kier molecular flexibility index (Phi) is 4.81. The number of amides is 2. The second-order valence-electron chi connectivity index (χ2n) is 7.66. The summed E-state index contributed by atoms with van der Waals surface area (Å²) >= 11 is 0. The van der Waals surface area contributed by atoms with Crippen molar-refractivity contribution in [2.75, 3.05) is 20.2 Å². The summed E-state index contributed by atoms with van der Waals surface area (Å²) < 4.78 is 5.52. The van der Waals surface area contributed by atoms with Crippen molar-refractivity contribution in [3.8, 4) is 16.9 Å². The number of rotatable bonds is 2. The quantitative estimate of drug-likeness (QED) is 0.839. The molecule has 146 valence electrons. The van der Waals surface area contributed by atoms with E-state index in [9.17, 15) is 9.90 Å². The summed E-state index contributed by atoms with van der Waals surface area (Å²) in [4.78, 5) is 19.1. The van der Waals surface area contributed by atoms with Gasteiger partial charge in [0.15, 0.2) is 0 Å². The summed E-state index contributed by atoms with van der Waals surface area (Å²) in [5.74, 6) is 1.40. The minimum absolute atomic E-state index is 0.165. The van der Waals surface area contributed by atoms with Gasteiger partial charge in [-0.3, -0.25) is 5.32 Å². The first kappa shape index (κ1) is 18.5. The molecule has 0 bridgehead atoms. The number of aliphatic hydroxyl groups is 1. The topological polar surface area (TPSA) is 74.2 Å². The fraction of sp³-hybridized carbons (Fsp3) is 0.364. The molecule has 2 N–H and O–H groups in total. The molecule has 0 atom stereocenters. The van der Waals surface area contributed by atoms with E-state index < -0.39 is 5.60 Å². The number of carbonyl (C=O) groups is 1. The van der Waals surface area contributed by atoms with Gasteiger partial charge >= 0.3 is 6.03 Å². The number of piperidine rings is 1. The normalized spacial score (nSPS) is 17.7. The number of hydrogen-bond acceptors (Lipinski definition) is 4. The maximum absolute atomic E-state index is 12.6. The average molecular weight is 379 g/mol. The highest BCUT2D eigenvalue weighted by molar-refractivity contribution is 6.04. The van der Waals surface area contributed by atoms with Gasteiger partial charge in [-0.05, 0) is 37.5 Å². The summed E-state index contributed by atoms with van der Waals surface area (Å²) in [5.41, 5.74) is 3.25. The van der Waals surface area contributed by atoms with Gasteiger partial charge in [0.05, 0.1) is 18.4 Å². The van der Waals surface area contributed by atoms with E-state index in [-0.39, 0.29) is 6.03 Å². The predicted molar refractivity (Wildman–Crippen MR) is 109 cm³/mol. The number of carbonyl (C=O) groups excluding carboxylic acids is 1. The summed E-state index contributed by atoms with van der Waals surface area (Å²) in [6.45, 7) is 2.90. The number of ether oxygens (including phenoxy) is 1. The standard InChI is InChI=1S/C22H25N3O3/c1-22(27)10-12-25(13-11-22)21(26)24-19-14-17-18(28-2)9-8-16(20(17)23-19)15-6-4-3-5-7-15/h3-9,27H,10-14H2,1-2H3,(H,23,24,26). The number of nitrogens with zero attached hydrogens (tertiary/aromatic N) is 2. The van der Waals surface area contributed by atoms with Crippen molar-refractivity contribution in [1.82, 2.24) is 10.2 Å². The Bertz CT molecular complexity index is 912. The lowest BCUT2D eigenvalue weighted by Crippen LogP contribution is -2.50. The van der Waals surface area contributed by atoms with Crippen LogP contribution in [0.3, 0.4) is 0 Å². The number of hydrogen-bond donors (Lipinski definition) is 2. The van der Waals surface area contributed by atoms with E-state index in [4.69, 9.17) is 9.73 Å². The molecule has 6 heteroatoms. The van der Waals surface area contributed by atoms with Crippen molar-refractivity contribution in [2.24, 2.45) is 4.99 Å². The van der Waals surface area contributed by atoms with Crippen LogP contribution in [0.25, 0.3) is 11.1 Å². The fourth-order valence-electron chi connectivity index (χ4n) is 3.77. The molecule has 6 nitrogen and oxygen atoms in total. The first-order valence-corrected chi connectivity index (χ1v) is 9.58. The highest BCUT2D eigenvalue weighted by Gasteiger charge is 2.31. The van der Waals surface area contributed by atoms with Crippen molar-refractivity contribution >= 4 is 17.6 Å². The first-order chi connectivity index (χ1) is 13.5. The van der Waals surface area contributed by atoms with Gasteiger partial charge in [-0.1, -0.05) is 30.3 Å². The second kappa shape index (κ2) is 7.28. The summed E-state index contributed by atoms with van der Waals surface area (Å²) in [6.07, 6.45) is 1.69. The highest BCUT2D eigenvalue weighted by Crippen LogP contribution is 2.42. The van der Waals surface area contributed by atoms with Gasteiger partial charge < -0.3 is 14.7 Å². The van der Waals surface area contributed by atoms with E-state index in [0.717, 1.165) is 28.1 Å². The molecule has 2 amide bonds. The molecular formula is C22H25N3O3. The number of methoxy groups -OCH3 is 1. The molecule has 2 aromatic rings. The lowest BCUT2D eigenvalue weighted by atomic mass is 9.94. The maximum Gasteiger partial charge on any atom is 0.322 e. The third-order valence-corrected chi connectivity index (χ3v) is 5.51. The number of urea groups is 1. The summed E-state index contributed by atoms with van der Waals surface area (Å²) in [7, 11) is 1.65. The SMILES string of the molecule is COc1ccc(-c2ccccc2)c2c1CC(NC(=O)N1CCC(C)(O)CC1)=N2. The van der Waals surface area contributed by atoms with Crippen molar-refractivity contribution in [1.29, 1.82) is 0 Å². The van der Waals surface area contributed by atoms with Crippen LogP contribution < -0.4 is 10.1 Å². The van der Waals surface area contributed by atoms with E-state index in [1.54, 1.807) is 12.0 Å². The number of benzene rings is 2. The average Bonchev–Trinajstić information content (AvgIpc) is 3.11. The van der Waals surface area contributed by atoms with Crippen molar-refractivity contribution in [3.63, 3.8) is 0 Å². The molecule has 0 spiro atoms. The highest BCUT2D eigenvalue weighted by atomic mass is 16.5. The van der Waals surface area contributed by atoms with Gasteiger partial charge in [0.2, 0.25) is 0 Å². The van der Waals surface area contributed by atoms with E-state index in [0.29, 0.717) is 38.2 Å². The predicted octanol–water partition coefficient (Wildman–Crippen LogP) is 3.50. The lowest BCUT2D eigenvalue weighted by molar-refractivity contribution is 0.00483. The van der Waals surface area contributed by atoms with Gasteiger partial charge in [0.25, 0.3) is 0 Å². The number of likely N-dealkylation sites (tertiary alicyclic amines) is 1. The monoisotopic (exact) mass is 379 g/mol. The number of fused-ring (bicyclic) bond motifs is 1. The minimum atomic E-state index is -0.685. The smallest absolute Gasteiger partial charge is 0.322 e. The Morgan fingerprint density at radius 3 is 2.57 bits per heavy atom. The Labute approximate surface area is 164 Å². The Morgan fingerprint density at radius 2 is 1.89 bits per heavy atom. The summed E-state index contributed by atoms with van der Waals surface area (Å²) in [6, 6.07) is 13.9. The van der Waals surface area contributed by atoms with Crippen LogP contribution in [0.5, 0.6) is 5.75 Å².